The van der Waals surface area contributed by atoms with Crippen molar-refractivity contribution in [2.24, 2.45) is 0 Å². The largest absolute Gasteiger partial charge is 0.358 e. The number of rotatable bonds is 1. The molecular formula is C20H19NO2. The molecule has 23 heavy (non-hydrogen) atoms. The standard InChI is InChI=1S/C20H19NO2/c1-19(2)12-15-8-3-5-9-17(15)20(22,23-19)16-11-14-7-4-6-10-18(14)21-13-16/h3-11,13,22H,12H2,1-2H3. The van der Waals surface area contributed by atoms with Crippen LogP contribution in [0, 0.1) is 0 Å². The van der Waals surface area contributed by atoms with Gasteiger partial charge in [-0.3, -0.25) is 4.98 Å². The second-order valence-corrected chi connectivity index (χ2v) is 6.76. The van der Waals surface area contributed by atoms with E-state index in [-0.39, 0.29) is 0 Å². The molecule has 1 aliphatic heterocycles. The fourth-order valence-corrected chi connectivity index (χ4v) is 3.43. The van der Waals surface area contributed by atoms with Gasteiger partial charge in [-0.25, -0.2) is 0 Å². The molecule has 0 saturated heterocycles. The van der Waals surface area contributed by atoms with Crippen LogP contribution in [0.5, 0.6) is 0 Å². The molecule has 0 spiro atoms. The van der Waals surface area contributed by atoms with Gasteiger partial charge in [-0.05, 0) is 31.5 Å². The molecule has 1 unspecified atom stereocenters. The van der Waals surface area contributed by atoms with Crippen molar-refractivity contribution in [1.82, 2.24) is 4.98 Å². The van der Waals surface area contributed by atoms with Gasteiger partial charge in [-0.2, -0.15) is 0 Å². The van der Waals surface area contributed by atoms with E-state index in [1.165, 1.54) is 0 Å². The third kappa shape index (κ3) is 2.33. The minimum absolute atomic E-state index is 0.450. The number of fused-ring (bicyclic) bond motifs is 2. The Bertz CT molecular complexity index is 887. The summed E-state index contributed by atoms with van der Waals surface area (Å²) in [5, 5.41) is 12.4. The quantitative estimate of drug-likeness (QED) is 0.744. The van der Waals surface area contributed by atoms with Gasteiger partial charge in [0, 0.05) is 29.1 Å². The van der Waals surface area contributed by atoms with Crippen molar-refractivity contribution in [3.8, 4) is 0 Å². The molecule has 0 amide bonds. The highest BCUT2D eigenvalue weighted by molar-refractivity contribution is 5.79. The lowest BCUT2D eigenvalue weighted by Crippen LogP contribution is -2.46. The Morgan fingerprint density at radius 1 is 1.04 bits per heavy atom. The molecule has 4 rings (SSSR count). The highest BCUT2D eigenvalue weighted by Gasteiger charge is 2.44. The first-order valence-corrected chi connectivity index (χ1v) is 7.84. The van der Waals surface area contributed by atoms with E-state index in [1.807, 2.05) is 62.4 Å². The van der Waals surface area contributed by atoms with Gasteiger partial charge < -0.3 is 9.84 Å². The molecule has 1 aromatic heterocycles. The summed E-state index contributed by atoms with van der Waals surface area (Å²) in [7, 11) is 0. The van der Waals surface area contributed by atoms with E-state index in [4.69, 9.17) is 4.74 Å². The summed E-state index contributed by atoms with van der Waals surface area (Å²) >= 11 is 0. The smallest absolute Gasteiger partial charge is 0.222 e. The number of ether oxygens (including phenoxy) is 1. The van der Waals surface area contributed by atoms with Gasteiger partial charge in [0.15, 0.2) is 0 Å². The fraction of sp³-hybridized carbons (Fsp3) is 0.250. The minimum Gasteiger partial charge on any atom is -0.358 e. The van der Waals surface area contributed by atoms with E-state index < -0.39 is 11.4 Å². The second-order valence-electron chi connectivity index (χ2n) is 6.76. The van der Waals surface area contributed by atoms with Crippen LogP contribution in [0.2, 0.25) is 0 Å². The van der Waals surface area contributed by atoms with Crippen LogP contribution < -0.4 is 0 Å². The number of para-hydroxylation sites is 1. The number of hydrogen-bond donors (Lipinski definition) is 1. The molecule has 116 valence electrons. The van der Waals surface area contributed by atoms with E-state index in [2.05, 4.69) is 11.1 Å². The predicted molar refractivity (Wildman–Crippen MR) is 90.1 cm³/mol. The summed E-state index contributed by atoms with van der Waals surface area (Å²) in [6, 6.07) is 17.8. The molecule has 1 atom stereocenters. The van der Waals surface area contributed by atoms with Gasteiger partial charge in [-0.15, -0.1) is 0 Å². The van der Waals surface area contributed by atoms with Gasteiger partial charge in [-0.1, -0.05) is 42.5 Å². The number of aromatic nitrogens is 1. The summed E-state index contributed by atoms with van der Waals surface area (Å²) in [5.41, 5.74) is 3.03. The van der Waals surface area contributed by atoms with Crippen LogP contribution in [0.4, 0.5) is 0 Å². The summed E-state index contributed by atoms with van der Waals surface area (Å²) in [4.78, 5) is 4.48. The van der Waals surface area contributed by atoms with Crippen molar-refractivity contribution in [2.45, 2.75) is 31.7 Å². The summed E-state index contributed by atoms with van der Waals surface area (Å²) in [6.07, 6.45) is 2.48. The summed E-state index contributed by atoms with van der Waals surface area (Å²) in [5.74, 6) is -1.48. The zero-order valence-electron chi connectivity index (χ0n) is 13.3. The number of nitrogens with zero attached hydrogens (tertiary/aromatic N) is 1. The van der Waals surface area contributed by atoms with E-state index >= 15 is 0 Å². The Kier molecular flexibility index (Phi) is 3.05. The third-order valence-electron chi connectivity index (χ3n) is 4.40. The van der Waals surface area contributed by atoms with Crippen LogP contribution in [-0.2, 0) is 16.9 Å². The molecule has 1 N–H and O–H groups in total. The maximum Gasteiger partial charge on any atom is 0.222 e. The second kappa shape index (κ2) is 4.88. The van der Waals surface area contributed by atoms with Crippen molar-refractivity contribution < 1.29 is 9.84 Å². The van der Waals surface area contributed by atoms with Crippen LogP contribution in [0.3, 0.4) is 0 Å². The van der Waals surface area contributed by atoms with Crippen LogP contribution in [0.1, 0.15) is 30.5 Å². The van der Waals surface area contributed by atoms with Gasteiger partial charge in [0.1, 0.15) is 0 Å². The van der Waals surface area contributed by atoms with Gasteiger partial charge in [0.25, 0.3) is 0 Å². The van der Waals surface area contributed by atoms with Crippen LogP contribution >= 0.6 is 0 Å². The average Bonchev–Trinajstić information content (AvgIpc) is 2.53. The first kappa shape index (κ1) is 14.4. The van der Waals surface area contributed by atoms with Crippen LogP contribution in [0.15, 0.2) is 60.8 Å². The number of hydrogen-bond acceptors (Lipinski definition) is 3. The van der Waals surface area contributed by atoms with Gasteiger partial charge in [0.2, 0.25) is 5.79 Å². The van der Waals surface area contributed by atoms with Crippen molar-refractivity contribution >= 4 is 10.9 Å². The number of pyridine rings is 1. The topological polar surface area (TPSA) is 42.4 Å². The first-order chi connectivity index (χ1) is 11.0. The Balaban J connectivity index is 1.94. The molecule has 0 aliphatic carbocycles. The molecule has 3 aromatic rings. The highest BCUT2D eigenvalue weighted by atomic mass is 16.6. The average molecular weight is 305 g/mol. The van der Waals surface area contributed by atoms with E-state index in [0.29, 0.717) is 5.56 Å². The lowest BCUT2D eigenvalue weighted by molar-refractivity contribution is -0.249. The normalized spacial score (nSPS) is 22.7. The van der Waals surface area contributed by atoms with E-state index in [0.717, 1.165) is 28.5 Å². The van der Waals surface area contributed by atoms with Crippen LogP contribution in [0.25, 0.3) is 10.9 Å². The third-order valence-corrected chi connectivity index (χ3v) is 4.40. The van der Waals surface area contributed by atoms with E-state index in [1.54, 1.807) is 6.20 Å². The molecule has 1 aliphatic rings. The summed E-state index contributed by atoms with van der Waals surface area (Å²) in [6.45, 7) is 4.00. The summed E-state index contributed by atoms with van der Waals surface area (Å²) < 4.78 is 6.14. The van der Waals surface area contributed by atoms with Crippen molar-refractivity contribution in [3.63, 3.8) is 0 Å². The molecule has 0 fully saturated rings. The zero-order chi connectivity index (χ0) is 16.1. The van der Waals surface area contributed by atoms with Crippen LogP contribution in [-0.4, -0.2) is 15.7 Å². The molecule has 2 aromatic carbocycles. The van der Waals surface area contributed by atoms with Crippen molar-refractivity contribution in [1.29, 1.82) is 0 Å². The molecule has 0 bridgehead atoms. The molecule has 0 saturated carbocycles. The monoisotopic (exact) mass is 305 g/mol. The number of benzene rings is 2. The Morgan fingerprint density at radius 3 is 2.65 bits per heavy atom. The predicted octanol–water partition coefficient (Wildman–Crippen LogP) is 3.78. The maximum atomic E-state index is 11.4. The lowest BCUT2D eigenvalue weighted by atomic mass is 9.84. The number of aliphatic hydroxyl groups is 1. The maximum absolute atomic E-state index is 11.4. The molecule has 0 radical (unpaired) electrons. The molecule has 3 heteroatoms. The van der Waals surface area contributed by atoms with Crippen molar-refractivity contribution in [3.05, 3.63) is 77.5 Å². The molecular weight excluding hydrogens is 286 g/mol. The molecule has 2 heterocycles. The fourth-order valence-electron chi connectivity index (χ4n) is 3.43. The Hall–Kier alpha value is -2.23. The zero-order valence-corrected chi connectivity index (χ0v) is 13.3. The Morgan fingerprint density at radius 2 is 1.78 bits per heavy atom. The SMILES string of the molecule is CC1(C)Cc2ccccc2C(O)(c2cnc3ccccc3c2)O1. The highest BCUT2D eigenvalue weighted by Crippen LogP contribution is 2.42. The minimum atomic E-state index is -1.48. The van der Waals surface area contributed by atoms with Gasteiger partial charge in [0.05, 0.1) is 11.1 Å². The first-order valence-electron chi connectivity index (χ1n) is 7.84. The lowest BCUT2D eigenvalue weighted by Gasteiger charge is -2.43. The van der Waals surface area contributed by atoms with E-state index in [9.17, 15) is 5.11 Å². The van der Waals surface area contributed by atoms with Gasteiger partial charge >= 0.3 is 0 Å². The Labute approximate surface area is 135 Å². The van der Waals surface area contributed by atoms with Crippen molar-refractivity contribution in [2.75, 3.05) is 0 Å². The molecule has 3 nitrogen and oxygen atoms in total.